The van der Waals surface area contributed by atoms with Crippen LogP contribution in [0, 0.1) is 11.8 Å². The second kappa shape index (κ2) is 13.9. The van der Waals surface area contributed by atoms with Crippen molar-refractivity contribution in [3.05, 3.63) is 87.9 Å². The molecule has 3 aliphatic rings. The van der Waals surface area contributed by atoms with Crippen LogP contribution in [0.5, 0.6) is 5.75 Å². The fourth-order valence-electron chi connectivity index (χ4n) is 8.10. The Morgan fingerprint density at radius 1 is 0.962 bits per heavy atom. The van der Waals surface area contributed by atoms with E-state index in [2.05, 4.69) is 21.9 Å². The van der Waals surface area contributed by atoms with Gasteiger partial charge in [-0.2, -0.15) is 0 Å². The second-order valence-electron chi connectivity index (χ2n) is 14.8. The maximum atomic E-state index is 14.3. The Bertz CT molecular complexity index is 1980. The van der Waals surface area contributed by atoms with Crippen molar-refractivity contribution >= 4 is 28.9 Å². The zero-order valence-electron chi connectivity index (χ0n) is 30.4. The molecule has 52 heavy (non-hydrogen) atoms. The van der Waals surface area contributed by atoms with Crippen molar-refractivity contribution < 1.29 is 39.2 Å². The number of carbonyl (C=O) groups excluding carboxylic acids is 3. The van der Waals surface area contributed by atoms with Crippen LogP contribution in [-0.4, -0.2) is 120 Å². The third kappa shape index (κ3) is 6.17. The number of amides is 1. The van der Waals surface area contributed by atoms with Gasteiger partial charge in [0, 0.05) is 50.9 Å². The number of rotatable bonds is 11. The van der Waals surface area contributed by atoms with Crippen molar-refractivity contribution in [3.63, 3.8) is 0 Å². The fourth-order valence-corrected chi connectivity index (χ4v) is 8.10. The van der Waals surface area contributed by atoms with Crippen LogP contribution in [0.15, 0.2) is 69.9 Å². The quantitative estimate of drug-likeness (QED) is 0.184. The van der Waals surface area contributed by atoms with Gasteiger partial charge in [-0.25, -0.2) is 0 Å². The Labute approximate surface area is 302 Å². The molecule has 3 aromatic rings. The summed E-state index contributed by atoms with van der Waals surface area (Å²) in [6.07, 6.45) is 0.190. The number of hydrogen-bond acceptors (Lipinski definition) is 12. The minimum absolute atomic E-state index is 0.00660. The van der Waals surface area contributed by atoms with Crippen molar-refractivity contribution in [2.75, 3.05) is 60.3 Å². The lowest BCUT2D eigenvalue weighted by Gasteiger charge is -2.50. The molecule has 6 N–H and O–H groups in total. The van der Waals surface area contributed by atoms with Gasteiger partial charge in [0.25, 0.3) is 5.91 Å². The number of primary amides is 1. The molecule has 0 radical (unpaired) electrons. The standard InChI is InChI=1S/C39H47N5O8/c1-41(2)14-15-44(19-21-10-8-7-9-11-21)20-23-12-13-28(52-23)25-18-27(42(3)4)24-16-22-17-26-32(43(5)6)35(47)31(38(40)50)37(49)39(26,51)36(48)29(22)34(46)30(24)33(25)45/h7-13,18,22,26,32,45-46,49,51H,14-17,19-20H2,1-6H3,(H2,40,50). The highest BCUT2D eigenvalue weighted by Gasteiger charge is 2.64. The number of anilines is 1. The molecule has 13 heteroatoms. The minimum atomic E-state index is -2.71. The van der Waals surface area contributed by atoms with E-state index < -0.39 is 58.0 Å². The van der Waals surface area contributed by atoms with Gasteiger partial charge in [-0.15, -0.1) is 0 Å². The van der Waals surface area contributed by atoms with Crippen molar-refractivity contribution in [2.45, 2.75) is 37.6 Å². The van der Waals surface area contributed by atoms with E-state index in [-0.39, 0.29) is 35.3 Å². The first-order chi connectivity index (χ1) is 24.6. The molecule has 276 valence electrons. The smallest absolute Gasteiger partial charge is 0.255 e. The van der Waals surface area contributed by atoms with Gasteiger partial charge in [-0.1, -0.05) is 30.3 Å². The Morgan fingerprint density at radius 3 is 2.27 bits per heavy atom. The van der Waals surface area contributed by atoms with Crippen molar-refractivity contribution in [1.82, 2.24) is 14.7 Å². The average Bonchev–Trinajstić information content (AvgIpc) is 3.53. The molecular formula is C39H47N5O8. The van der Waals surface area contributed by atoms with Crippen LogP contribution < -0.4 is 10.6 Å². The van der Waals surface area contributed by atoms with E-state index in [9.17, 15) is 34.8 Å². The lowest BCUT2D eigenvalue weighted by Crippen LogP contribution is -2.65. The first kappa shape index (κ1) is 36.8. The van der Waals surface area contributed by atoms with E-state index in [1.807, 2.05) is 57.4 Å². The lowest BCUT2D eigenvalue weighted by molar-refractivity contribution is -0.153. The third-order valence-electron chi connectivity index (χ3n) is 10.6. The van der Waals surface area contributed by atoms with Crippen molar-refractivity contribution in [1.29, 1.82) is 0 Å². The van der Waals surface area contributed by atoms with Gasteiger partial charge in [0.1, 0.15) is 34.4 Å². The molecule has 1 amide bonds. The van der Waals surface area contributed by atoms with Gasteiger partial charge in [0.2, 0.25) is 5.78 Å². The highest BCUT2D eigenvalue weighted by molar-refractivity contribution is 6.24. The average molecular weight is 714 g/mol. The van der Waals surface area contributed by atoms with Crippen LogP contribution in [0.2, 0.25) is 0 Å². The number of carbonyl (C=O) groups is 3. The molecule has 0 aliphatic heterocycles. The van der Waals surface area contributed by atoms with Crippen LogP contribution in [0.4, 0.5) is 5.69 Å². The predicted molar refractivity (Wildman–Crippen MR) is 195 cm³/mol. The summed E-state index contributed by atoms with van der Waals surface area (Å²) in [6, 6.07) is 14.4. The molecule has 2 aromatic carbocycles. The summed E-state index contributed by atoms with van der Waals surface area (Å²) < 4.78 is 6.34. The van der Waals surface area contributed by atoms with Gasteiger partial charge >= 0.3 is 0 Å². The first-order valence-electron chi connectivity index (χ1n) is 17.3. The summed E-state index contributed by atoms with van der Waals surface area (Å²) in [4.78, 5) is 47.8. The van der Waals surface area contributed by atoms with E-state index >= 15 is 0 Å². The van der Waals surface area contributed by atoms with Crippen LogP contribution in [-0.2, 0) is 33.9 Å². The number of furan rings is 1. The summed E-state index contributed by atoms with van der Waals surface area (Å²) in [7, 11) is 10.8. The first-order valence-corrected chi connectivity index (χ1v) is 17.3. The molecular weight excluding hydrogens is 666 g/mol. The summed E-state index contributed by atoms with van der Waals surface area (Å²) in [6.45, 7) is 2.83. The van der Waals surface area contributed by atoms with Crippen LogP contribution in [0.25, 0.3) is 17.1 Å². The summed E-state index contributed by atoms with van der Waals surface area (Å²) in [5.41, 5.74) is 4.38. The molecule has 4 atom stereocenters. The number of aromatic hydroxyl groups is 1. The Morgan fingerprint density at radius 2 is 1.65 bits per heavy atom. The monoisotopic (exact) mass is 713 g/mol. The molecule has 1 fully saturated rings. The third-order valence-corrected chi connectivity index (χ3v) is 10.6. The van der Waals surface area contributed by atoms with Gasteiger partial charge < -0.3 is 40.4 Å². The molecule has 0 bridgehead atoms. The van der Waals surface area contributed by atoms with Crippen LogP contribution >= 0.6 is 0 Å². The van der Waals surface area contributed by atoms with E-state index in [1.165, 1.54) is 4.90 Å². The molecule has 3 aliphatic carbocycles. The van der Waals surface area contributed by atoms with Crippen molar-refractivity contribution in [2.24, 2.45) is 17.6 Å². The molecule has 1 aromatic heterocycles. The maximum absolute atomic E-state index is 14.3. The zero-order valence-corrected chi connectivity index (χ0v) is 30.4. The predicted octanol–water partition coefficient (Wildman–Crippen LogP) is 2.85. The number of nitrogens with zero attached hydrogens (tertiary/aromatic N) is 4. The van der Waals surface area contributed by atoms with E-state index in [0.29, 0.717) is 35.9 Å². The highest BCUT2D eigenvalue weighted by atomic mass is 16.4. The number of phenolic OH excluding ortho intramolecular Hbond substituents is 1. The topological polar surface area (TPSA) is 184 Å². The van der Waals surface area contributed by atoms with Crippen molar-refractivity contribution in [3.8, 4) is 17.1 Å². The molecule has 0 saturated heterocycles. The van der Waals surface area contributed by atoms with Gasteiger partial charge in [-0.05, 0) is 76.3 Å². The van der Waals surface area contributed by atoms with Gasteiger partial charge in [-0.3, -0.25) is 24.2 Å². The van der Waals surface area contributed by atoms with Gasteiger partial charge in [0.05, 0.1) is 23.7 Å². The molecule has 1 saturated carbocycles. The largest absolute Gasteiger partial charge is 0.508 e. The molecule has 0 spiro atoms. The van der Waals surface area contributed by atoms with E-state index in [0.717, 1.165) is 18.7 Å². The van der Waals surface area contributed by atoms with Crippen LogP contribution in [0.3, 0.4) is 0 Å². The minimum Gasteiger partial charge on any atom is -0.508 e. The molecule has 1 heterocycles. The summed E-state index contributed by atoms with van der Waals surface area (Å²) >= 11 is 0. The Balaban J connectivity index is 1.42. The number of phenols is 1. The molecule has 6 rings (SSSR count). The summed E-state index contributed by atoms with van der Waals surface area (Å²) in [5.74, 6) is -5.92. The van der Waals surface area contributed by atoms with Gasteiger partial charge in [0.15, 0.2) is 11.4 Å². The van der Waals surface area contributed by atoms with Crippen LogP contribution in [0.1, 0.15) is 28.9 Å². The van der Waals surface area contributed by atoms with E-state index in [4.69, 9.17) is 10.2 Å². The molecule has 4 unspecified atom stereocenters. The Hall–Kier alpha value is -4.95. The molecule has 13 nitrogen and oxygen atoms in total. The number of Topliss-reactive ketones (excluding diaryl/α,β-unsaturated/α-hetero) is 2. The number of fused-ring (bicyclic) bond motifs is 3. The number of likely N-dealkylation sites (N-methyl/N-ethyl adjacent to an activating group) is 2. The normalized spacial score (nSPS) is 23.0. The number of hydrogen-bond donors (Lipinski definition) is 5. The number of nitrogens with two attached hydrogens (primary N) is 1. The Kier molecular flexibility index (Phi) is 9.83. The number of benzene rings is 2. The SMILES string of the molecule is CN(C)CCN(Cc1ccccc1)Cc1ccc(-c2cc(N(C)C)c3c(c2O)C(O)=C2C(=O)C4(O)C(O)=C(C(N)=O)C(=O)C(N(C)C)C4CC2C3)o1. The number of aliphatic hydroxyl groups is 3. The van der Waals surface area contributed by atoms with E-state index in [1.54, 1.807) is 26.2 Å². The fraction of sp³-hybridized carbons (Fsp3) is 0.410. The highest BCUT2D eigenvalue weighted by Crippen LogP contribution is 2.55. The number of aliphatic hydroxyl groups excluding tert-OH is 2. The maximum Gasteiger partial charge on any atom is 0.255 e. The summed E-state index contributed by atoms with van der Waals surface area (Å²) in [5, 5.41) is 46.9. The number of ketones is 2. The second-order valence-corrected chi connectivity index (χ2v) is 14.8. The lowest BCUT2D eigenvalue weighted by atomic mass is 9.57. The zero-order chi connectivity index (χ0) is 37.8.